The highest BCUT2D eigenvalue weighted by Gasteiger charge is 2.32. The van der Waals surface area contributed by atoms with E-state index in [0.717, 1.165) is 17.9 Å². The molecule has 2 nitrogen and oxygen atoms in total. The lowest BCUT2D eigenvalue weighted by atomic mass is 9.89. The average molecular weight is 224 g/mol. The minimum absolute atomic E-state index is 0.781. The van der Waals surface area contributed by atoms with E-state index in [1.54, 1.807) is 0 Å². The van der Waals surface area contributed by atoms with Crippen LogP contribution in [-0.4, -0.2) is 38.1 Å². The van der Waals surface area contributed by atoms with Gasteiger partial charge < -0.3 is 10.2 Å². The third-order valence-electron chi connectivity index (χ3n) is 4.34. The Bertz CT molecular complexity index is 191. The molecule has 16 heavy (non-hydrogen) atoms. The molecule has 2 aliphatic carbocycles. The Labute approximate surface area is 101 Å². The fourth-order valence-electron chi connectivity index (χ4n) is 3.08. The predicted molar refractivity (Wildman–Crippen MR) is 69.6 cm³/mol. The van der Waals surface area contributed by atoms with Gasteiger partial charge in [0.05, 0.1) is 0 Å². The Kier molecular flexibility index (Phi) is 4.66. The largest absolute Gasteiger partial charge is 0.315 e. The second-order valence-electron chi connectivity index (χ2n) is 6.03. The zero-order valence-corrected chi connectivity index (χ0v) is 11.0. The van der Waals surface area contributed by atoms with Gasteiger partial charge in [0.25, 0.3) is 0 Å². The first kappa shape index (κ1) is 12.4. The van der Waals surface area contributed by atoms with Gasteiger partial charge in [0.2, 0.25) is 0 Å². The molecule has 0 spiro atoms. The van der Waals surface area contributed by atoms with Crippen LogP contribution in [0.15, 0.2) is 0 Å². The van der Waals surface area contributed by atoms with Crippen LogP contribution in [0, 0.1) is 11.8 Å². The second kappa shape index (κ2) is 6.02. The summed E-state index contributed by atoms with van der Waals surface area (Å²) in [5.41, 5.74) is 0. The number of rotatable bonds is 6. The highest BCUT2D eigenvalue weighted by Crippen LogP contribution is 2.34. The molecule has 0 bridgehead atoms. The molecule has 0 aromatic carbocycles. The molecule has 0 amide bonds. The van der Waals surface area contributed by atoms with Gasteiger partial charge in [-0.15, -0.1) is 0 Å². The van der Waals surface area contributed by atoms with E-state index < -0.39 is 0 Å². The Morgan fingerprint density at radius 2 is 1.75 bits per heavy atom. The van der Waals surface area contributed by atoms with Crippen LogP contribution >= 0.6 is 0 Å². The van der Waals surface area contributed by atoms with Crippen LogP contribution in [0.3, 0.4) is 0 Å². The van der Waals surface area contributed by atoms with E-state index in [-0.39, 0.29) is 0 Å². The van der Waals surface area contributed by atoms with Gasteiger partial charge in [0, 0.05) is 12.6 Å². The SMILES string of the molecule is CN(C)C(CNCC1CCCCC1)C1CC1. The summed E-state index contributed by atoms with van der Waals surface area (Å²) in [6.45, 7) is 2.46. The van der Waals surface area contributed by atoms with E-state index in [4.69, 9.17) is 0 Å². The van der Waals surface area contributed by atoms with Crippen molar-refractivity contribution in [1.82, 2.24) is 10.2 Å². The Morgan fingerprint density at radius 1 is 1.06 bits per heavy atom. The van der Waals surface area contributed by atoms with Crippen molar-refractivity contribution >= 4 is 0 Å². The van der Waals surface area contributed by atoms with Crippen LogP contribution < -0.4 is 5.32 Å². The lowest BCUT2D eigenvalue weighted by Crippen LogP contribution is -2.41. The first-order valence-electron chi connectivity index (χ1n) is 7.14. The minimum Gasteiger partial charge on any atom is -0.315 e. The molecule has 1 N–H and O–H groups in total. The summed E-state index contributed by atoms with van der Waals surface area (Å²) >= 11 is 0. The topological polar surface area (TPSA) is 15.3 Å². The lowest BCUT2D eigenvalue weighted by molar-refractivity contribution is 0.246. The van der Waals surface area contributed by atoms with E-state index in [1.165, 1.54) is 58.0 Å². The first-order valence-corrected chi connectivity index (χ1v) is 7.14. The summed E-state index contributed by atoms with van der Waals surface area (Å²) in [6, 6.07) is 0.781. The molecule has 94 valence electrons. The van der Waals surface area contributed by atoms with E-state index in [9.17, 15) is 0 Å². The van der Waals surface area contributed by atoms with Gasteiger partial charge in [0.1, 0.15) is 0 Å². The Hall–Kier alpha value is -0.0800. The summed E-state index contributed by atoms with van der Waals surface area (Å²) in [4.78, 5) is 2.41. The highest BCUT2D eigenvalue weighted by atomic mass is 15.1. The molecule has 2 aliphatic rings. The molecule has 0 aromatic rings. The van der Waals surface area contributed by atoms with E-state index in [1.807, 2.05) is 0 Å². The van der Waals surface area contributed by atoms with Crippen LogP contribution in [0.25, 0.3) is 0 Å². The smallest absolute Gasteiger partial charge is 0.0242 e. The standard InChI is InChI=1S/C14H28N2/c1-16(2)14(13-8-9-13)11-15-10-12-6-4-3-5-7-12/h12-15H,3-11H2,1-2H3. The summed E-state index contributed by atoms with van der Waals surface area (Å²) in [5.74, 6) is 1.95. The van der Waals surface area contributed by atoms with E-state index in [0.29, 0.717) is 0 Å². The van der Waals surface area contributed by atoms with Gasteiger partial charge in [-0.2, -0.15) is 0 Å². The molecular weight excluding hydrogens is 196 g/mol. The fourth-order valence-corrected chi connectivity index (χ4v) is 3.08. The minimum atomic E-state index is 0.781. The molecule has 0 aromatic heterocycles. The van der Waals surface area contributed by atoms with Crippen LogP contribution in [0.4, 0.5) is 0 Å². The van der Waals surface area contributed by atoms with Gasteiger partial charge in [-0.1, -0.05) is 19.3 Å². The summed E-state index contributed by atoms with van der Waals surface area (Å²) < 4.78 is 0. The van der Waals surface area contributed by atoms with Gasteiger partial charge in [0.15, 0.2) is 0 Å². The lowest BCUT2D eigenvalue weighted by Gasteiger charge is -2.27. The zero-order valence-electron chi connectivity index (χ0n) is 11.0. The van der Waals surface area contributed by atoms with E-state index in [2.05, 4.69) is 24.3 Å². The molecule has 1 unspecified atom stereocenters. The predicted octanol–water partition coefficient (Wildman–Crippen LogP) is 2.50. The number of likely N-dealkylation sites (N-methyl/N-ethyl adjacent to an activating group) is 1. The van der Waals surface area contributed by atoms with Gasteiger partial charge in [-0.25, -0.2) is 0 Å². The molecule has 1 atom stereocenters. The van der Waals surface area contributed by atoms with Gasteiger partial charge in [-0.3, -0.25) is 0 Å². The van der Waals surface area contributed by atoms with Crippen LogP contribution in [0.5, 0.6) is 0 Å². The third kappa shape index (κ3) is 3.74. The van der Waals surface area contributed by atoms with E-state index >= 15 is 0 Å². The first-order chi connectivity index (χ1) is 7.77. The third-order valence-corrected chi connectivity index (χ3v) is 4.34. The monoisotopic (exact) mass is 224 g/mol. The number of hydrogen-bond acceptors (Lipinski definition) is 2. The normalized spacial score (nSPS) is 24.9. The molecule has 2 saturated carbocycles. The maximum Gasteiger partial charge on any atom is 0.0242 e. The maximum absolute atomic E-state index is 3.72. The van der Waals surface area contributed by atoms with Crippen LogP contribution in [-0.2, 0) is 0 Å². The Balaban J connectivity index is 1.61. The van der Waals surface area contributed by atoms with Crippen LogP contribution in [0.2, 0.25) is 0 Å². The molecule has 0 radical (unpaired) electrons. The van der Waals surface area contributed by atoms with Crippen molar-refractivity contribution in [3.63, 3.8) is 0 Å². The highest BCUT2D eigenvalue weighted by molar-refractivity contribution is 4.87. The zero-order chi connectivity index (χ0) is 11.4. The second-order valence-corrected chi connectivity index (χ2v) is 6.03. The van der Waals surface area contributed by atoms with Crippen molar-refractivity contribution in [2.24, 2.45) is 11.8 Å². The number of hydrogen-bond donors (Lipinski definition) is 1. The van der Waals surface area contributed by atoms with Crippen molar-refractivity contribution in [2.45, 2.75) is 51.0 Å². The summed E-state index contributed by atoms with van der Waals surface area (Å²) in [6.07, 6.45) is 10.2. The quantitative estimate of drug-likeness (QED) is 0.746. The molecule has 2 rings (SSSR count). The molecule has 2 heteroatoms. The van der Waals surface area contributed by atoms with Crippen molar-refractivity contribution in [2.75, 3.05) is 27.2 Å². The summed E-state index contributed by atoms with van der Waals surface area (Å²) in [7, 11) is 4.45. The van der Waals surface area contributed by atoms with Gasteiger partial charge >= 0.3 is 0 Å². The molecule has 0 saturated heterocycles. The number of nitrogens with zero attached hydrogens (tertiary/aromatic N) is 1. The molecule has 0 aliphatic heterocycles. The van der Waals surface area contributed by atoms with Crippen molar-refractivity contribution in [1.29, 1.82) is 0 Å². The van der Waals surface area contributed by atoms with Crippen LogP contribution in [0.1, 0.15) is 44.9 Å². The molecule has 2 fully saturated rings. The molecular formula is C14H28N2. The Morgan fingerprint density at radius 3 is 2.31 bits per heavy atom. The maximum atomic E-state index is 3.72. The molecule has 0 heterocycles. The fraction of sp³-hybridized carbons (Fsp3) is 1.00. The van der Waals surface area contributed by atoms with Gasteiger partial charge in [-0.05, 0) is 58.2 Å². The number of nitrogens with one attached hydrogen (secondary N) is 1. The van der Waals surface area contributed by atoms with Crippen molar-refractivity contribution in [3.8, 4) is 0 Å². The summed E-state index contributed by atoms with van der Waals surface area (Å²) in [5, 5.41) is 3.72. The average Bonchev–Trinajstić information content (AvgIpc) is 3.09. The van der Waals surface area contributed by atoms with Crippen molar-refractivity contribution < 1.29 is 0 Å². The van der Waals surface area contributed by atoms with Crippen molar-refractivity contribution in [3.05, 3.63) is 0 Å².